The van der Waals surface area contributed by atoms with Gasteiger partial charge in [-0.15, -0.1) is 0 Å². The van der Waals surface area contributed by atoms with Gasteiger partial charge in [-0.2, -0.15) is 10.2 Å². The first-order chi connectivity index (χ1) is 12.2. The average molecular weight is 342 g/mol. The van der Waals surface area contributed by atoms with Crippen LogP contribution in [0.3, 0.4) is 0 Å². The van der Waals surface area contributed by atoms with Crippen molar-refractivity contribution >= 4 is 0 Å². The molecule has 0 unspecified atom stereocenters. The van der Waals surface area contributed by atoms with E-state index in [1.54, 1.807) is 10.9 Å². The number of nitrogens with two attached hydrogens (primary N) is 1. The predicted molar refractivity (Wildman–Crippen MR) is 92.5 cm³/mol. The number of aromatic nitrogens is 5. The molecule has 0 bridgehead atoms. The number of benzene rings is 1. The van der Waals surface area contributed by atoms with Crippen molar-refractivity contribution in [2.24, 2.45) is 5.73 Å². The van der Waals surface area contributed by atoms with Gasteiger partial charge in [0.05, 0.1) is 19.3 Å². The molecule has 1 aromatic carbocycles. The molecule has 2 heterocycles. The van der Waals surface area contributed by atoms with Crippen LogP contribution in [-0.4, -0.2) is 38.2 Å². The SMILES string of the molecule is CCOc1ccc([C@@H](N)c2n[nH]c(Cn3cccn3)n2)cc1OCC. The van der Waals surface area contributed by atoms with Gasteiger partial charge in [0.2, 0.25) is 0 Å². The van der Waals surface area contributed by atoms with E-state index in [-0.39, 0.29) is 0 Å². The largest absolute Gasteiger partial charge is 0.490 e. The monoisotopic (exact) mass is 342 g/mol. The second-order valence-electron chi connectivity index (χ2n) is 5.39. The van der Waals surface area contributed by atoms with Gasteiger partial charge in [-0.1, -0.05) is 6.07 Å². The van der Waals surface area contributed by atoms with E-state index in [0.717, 1.165) is 5.56 Å². The van der Waals surface area contributed by atoms with Crippen LogP contribution in [0, 0.1) is 0 Å². The van der Waals surface area contributed by atoms with Crippen LogP contribution in [0.15, 0.2) is 36.7 Å². The average Bonchev–Trinajstić information content (AvgIpc) is 3.29. The van der Waals surface area contributed by atoms with Crippen molar-refractivity contribution < 1.29 is 9.47 Å². The van der Waals surface area contributed by atoms with Gasteiger partial charge >= 0.3 is 0 Å². The molecule has 3 rings (SSSR count). The summed E-state index contributed by atoms with van der Waals surface area (Å²) < 4.78 is 13.0. The Hall–Kier alpha value is -2.87. The smallest absolute Gasteiger partial charge is 0.171 e. The van der Waals surface area contributed by atoms with Crippen LogP contribution in [0.1, 0.15) is 37.1 Å². The number of hydrogen-bond donors (Lipinski definition) is 2. The van der Waals surface area contributed by atoms with Crippen molar-refractivity contribution in [3.63, 3.8) is 0 Å². The fourth-order valence-electron chi connectivity index (χ4n) is 2.48. The molecule has 0 radical (unpaired) electrons. The number of nitrogens with zero attached hydrogens (tertiary/aromatic N) is 4. The van der Waals surface area contributed by atoms with Gasteiger partial charge in [0, 0.05) is 12.4 Å². The third kappa shape index (κ3) is 3.97. The van der Waals surface area contributed by atoms with Crippen LogP contribution >= 0.6 is 0 Å². The van der Waals surface area contributed by atoms with Gasteiger partial charge in [-0.05, 0) is 37.6 Å². The van der Waals surface area contributed by atoms with Gasteiger partial charge in [-0.25, -0.2) is 4.98 Å². The molecule has 0 amide bonds. The minimum Gasteiger partial charge on any atom is -0.490 e. The van der Waals surface area contributed by atoms with Crippen LogP contribution in [0.25, 0.3) is 0 Å². The Morgan fingerprint density at radius 2 is 2.00 bits per heavy atom. The molecule has 0 fully saturated rings. The van der Waals surface area contributed by atoms with Crippen LogP contribution in [0.2, 0.25) is 0 Å². The summed E-state index contributed by atoms with van der Waals surface area (Å²) in [4.78, 5) is 4.47. The van der Waals surface area contributed by atoms with Crippen molar-refractivity contribution in [2.45, 2.75) is 26.4 Å². The molecule has 0 saturated carbocycles. The molecule has 3 aromatic rings. The Labute approximate surface area is 146 Å². The lowest BCUT2D eigenvalue weighted by Gasteiger charge is -2.14. The molecule has 2 aromatic heterocycles. The quantitative estimate of drug-likeness (QED) is 0.648. The molecule has 8 heteroatoms. The lowest BCUT2D eigenvalue weighted by molar-refractivity contribution is 0.287. The molecular weight excluding hydrogens is 320 g/mol. The first-order valence-corrected chi connectivity index (χ1v) is 8.25. The van der Waals surface area contributed by atoms with E-state index in [9.17, 15) is 0 Å². The molecule has 0 aliphatic carbocycles. The summed E-state index contributed by atoms with van der Waals surface area (Å²) in [6.07, 6.45) is 3.58. The maximum atomic E-state index is 6.33. The van der Waals surface area contributed by atoms with Crippen molar-refractivity contribution in [1.82, 2.24) is 25.0 Å². The molecule has 8 nitrogen and oxygen atoms in total. The number of rotatable bonds is 8. The van der Waals surface area contributed by atoms with Crippen LogP contribution in [0.5, 0.6) is 11.5 Å². The first kappa shape index (κ1) is 17.0. The van der Waals surface area contributed by atoms with Gasteiger partial charge in [0.1, 0.15) is 12.4 Å². The van der Waals surface area contributed by atoms with E-state index in [4.69, 9.17) is 15.2 Å². The second kappa shape index (κ2) is 7.80. The van der Waals surface area contributed by atoms with Gasteiger partial charge in [0.15, 0.2) is 17.3 Å². The Kier molecular flexibility index (Phi) is 5.30. The first-order valence-electron chi connectivity index (χ1n) is 8.25. The Morgan fingerprint density at radius 1 is 1.20 bits per heavy atom. The minimum atomic E-state index is -0.461. The number of nitrogens with one attached hydrogen (secondary N) is 1. The molecule has 25 heavy (non-hydrogen) atoms. The summed E-state index contributed by atoms with van der Waals surface area (Å²) in [6.45, 7) is 5.50. The maximum Gasteiger partial charge on any atom is 0.171 e. The van der Waals surface area contributed by atoms with Crippen LogP contribution in [0.4, 0.5) is 0 Å². The molecule has 0 spiro atoms. The third-order valence-corrected chi connectivity index (χ3v) is 3.62. The summed E-state index contributed by atoms with van der Waals surface area (Å²) in [7, 11) is 0. The van der Waals surface area contributed by atoms with Crippen molar-refractivity contribution in [3.8, 4) is 11.5 Å². The second-order valence-corrected chi connectivity index (χ2v) is 5.39. The summed E-state index contributed by atoms with van der Waals surface area (Å²) in [5.41, 5.74) is 7.19. The van der Waals surface area contributed by atoms with Crippen molar-refractivity contribution in [1.29, 1.82) is 0 Å². The highest BCUT2D eigenvalue weighted by Gasteiger charge is 2.17. The van der Waals surface area contributed by atoms with Crippen LogP contribution < -0.4 is 15.2 Å². The zero-order valence-electron chi connectivity index (χ0n) is 14.3. The predicted octanol–water partition coefficient (Wildman–Crippen LogP) is 1.89. The molecular formula is C17H22N6O2. The minimum absolute atomic E-state index is 0.461. The van der Waals surface area contributed by atoms with E-state index in [2.05, 4.69) is 20.3 Å². The zero-order chi connectivity index (χ0) is 17.6. The highest BCUT2D eigenvalue weighted by molar-refractivity contribution is 5.44. The van der Waals surface area contributed by atoms with Crippen molar-refractivity contribution in [3.05, 3.63) is 53.9 Å². The van der Waals surface area contributed by atoms with E-state index < -0.39 is 6.04 Å². The van der Waals surface area contributed by atoms with E-state index in [0.29, 0.717) is 42.9 Å². The van der Waals surface area contributed by atoms with Gasteiger partial charge in [-0.3, -0.25) is 9.78 Å². The normalized spacial score (nSPS) is 12.1. The summed E-state index contributed by atoms with van der Waals surface area (Å²) in [5.74, 6) is 2.60. The van der Waals surface area contributed by atoms with E-state index in [1.807, 2.05) is 44.3 Å². The Morgan fingerprint density at radius 3 is 2.72 bits per heavy atom. The molecule has 3 N–H and O–H groups in total. The van der Waals surface area contributed by atoms with Crippen LogP contribution in [-0.2, 0) is 6.54 Å². The number of H-pyrrole nitrogens is 1. The van der Waals surface area contributed by atoms with Gasteiger partial charge < -0.3 is 15.2 Å². The Bertz CT molecular complexity index is 799. The molecule has 0 saturated heterocycles. The summed E-state index contributed by atoms with van der Waals surface area (Å²) in [6, 6.07) is 7.04. The molecule has 0 aliphatic rings. The molecule has 132 valence electrons. The maximum absolute atomic E-state index is 6.33. The third-order valence-electron chi connectivity index (χ3n) is 3.62. The standard InChI is InChI=1S/C17H22N6O2/c1-3-24-13-7-6-12(10-14(13)25-4-2)16(18)17-20-15(21-22-17)11-23-9-5-8-19-23/h5-10,16H,3-4,11,18H2,1-2H3,(H,20,21,22)/t16-/m1/s1. The highest BCUT2D eigenvalue weighted by Crippen LogP contribution is 2.31. The zero-order valence-corrected chi connectivity index (χ0v) is 14.3. The fourth-order valence-corrected chi connectivity index (χ4v) is 2.48. The number of ether oxygens (including phenoxy) is 2. The number of hydrogen-bond acceptors (Lipinski definition) is 6. The highest BCUT2D eigenvalue weighted by atomic mass is 16.5. The van der Waals surface area contributed by atoms with E-state index in [1.165, 1.54) is 0 Å². The number of aromatic amines is 1. The molecule has 1 atom stereocenters. The topological polar surface area (TPSA) is 104 Å². The summed E-state index contributed by atoms with van der Waals surface area (Å²) >= 11 is 0. The molecule has 0 aliphatic heterocycles. The van der Waals surface area contributed by atoms with E-state index >= 15 is 0 Å². The fraction of sp³-hybridized carbons (Fsp3) is 0.353. The van der Waals surface area contributed by atoms with Crippen molar-refractivity contribution in [2.75, 3.05) is 13.2 Å². The van der Waals surface area contributed by atoms with Gasteiger partial charge in [0.25, 0.3) is 0 Å². The lowest BCUT2D eigenvalue weighted by Crippen LogP contribution is -2.14. The summed E-state index contributed by atoms with van der Waals surface area (Å²) in [5, 5.41) is 11.3. The lowest BCUT2D eigenvalue weighted by atomic mass is 10.1. The Balaban J connectivity index is 1.79.